The summed E-state index contributed by atoms with van der Waals surface area (Å²) in [6, 6.07) is 2.97. The van der Waals surface area contributed by atoms with Gasteiger partial charge in [0.05, 0.1) is 6.61 Å². The predicted molar refractivity (Wildman–Crippen MR) is 78.6 cm³/mol. The van der Waals surface area contributed by atoms with E-state index in [0.29, 0.717) is 0 Å². The molecule has 0 saturated heterocycles. The van der Waals surface area contributed by atoms with Crippen LogP contribution in [0.2, 0.25) is 0 Å². The van der Waals surface area contributed by atoms with Gasteiger partial charge in [0.25, 0.3) is 0 Å². The summed E-state index contributed by atoms with van der Waals surface area (Å²) >= 11 is 0. The average molecular weight is 263 g/mol. The summed E-state index contributed by atoms with van der Waals surface area (Å²) in [7, 11) is 1.72. The average Bonchev–Trinajstić information content (AvgIpc) is 3.22. The van der Waals surface area contributed by atoms with Gasteiger partial charge in [-0.05, 0) is 43.9 Å². The number of aromatic nitrogens is 1. The van der Waals surface area contributed by atoms with Crippen LogP contribution in [-0.2, 0) is 11.3 Å². The maximum atomic E-state index is 5.02. The van der Waals surface area contributed by atoms with E-state index in [-0.39, 0.29) is 0 Å². The summed E-state index contributed by atoms with van der Waals surface area (Å²) in [4.78, 5) is 7.09. The van der Waals surface area contributed by atoms with E-state index in [1.807, 2.05) is 6.20 Å². The number of aryl methyl sites for hydroxylation is 1. The number of nitrogens with zero attached hydrogens (tertiary/aromatic N) is 2. The fourth-order valence-electron chi connectivity index (χ4n) is 2.40. The summed E-state index contributed by atoms with van der Waals surface area (Å²) in [5, 5.41) is 3.35. The van der Waals surface area contributed by atoms with Crippen molar-refractivity contribution in [1.29, 1.82) is 0 Å². The molecular weight excluding hydrogens is 238 g/mol. The number of hydrogen-bond donors (Lipinski definition) is 1. The van der Waals surface area contributed by atoms with Crippen molar-refractivity contribution in [1.82, 2.24) is 10.3 Å². The Hall–Kier alpha value is -1.13. The summed E-state index contributed by atoms with van der Waals surface area (Å²) < 4.78 is 5.02. The number of nitrogens with one attached hydrogen (secondary N) is 1. The minimum Gasteiger partial charge on any atom is -0.383 e. The van der Waals surface area contributed by atoms with Gasteiger partial charge in [0.15, 0.2) is 0 Å². The van der Waals surface area contributed by atoms with Gasteiger partial charge in [-0.2, -0.15) is 0 Å². The van der Waals surface area contributed by atoms with Gasteiger partial charge >= 0.3 is 0 Å². The number of ether oxygens (including phenoxy) is 1. The fraction of sp³-hybridized carbons (Fsp3) is 0.667. The molecule has 1 aromatic rings. The first-order valence-corrected chi connectivity index (χ1v) is 7.18. The molecule has 1 N–H and O–H groups in total. The number of rotatable bonds is 8. The van der Waals surface area contributed by atoms with Gasteiger partial charge in [0.1, 0.15) is 5.82 Å². The van der Waals surface area contributed by atoms with Crippen molar-refractivity contribution in [3.8, 4) is 0 Å². The largest absolute Gasteiger partial charge is 0.383 e. The van der Waals surface area contributed by atoms with Crippen LogP contribution in [0.3, 0.4) is 0 Å². The lowest BCUT2D eigenvalue weighted by atomic mass is 10.2. The van der Waals surface area contributed by atoms with Crippen LogP contribution < -0.4 is 10.2 Å². The first kappa shape index (κ1) is 14.3. The molecule has 0 aliphatic heterocycles. The second kappa shape index (κ2) is 6.87. The minimum atomic E-state index is 0.724. The number of pyridine rings is 1. The molecule has 106 valence electrons. The first-order valence-electron chi connectivity index (χ1n) is 7.18. The van der Waals surface area contributed by atoms with E-state index < -0.39 is 0 Å². The molecule has 0 unspecified atom stereocenters. The molecule has 1 aromatic heterocycles. The van der Waals surface area contributed by atoms with Gasteiger partial charge in [0, 0.05) is 39.0 Å². The summed E-state index contributed by atoms with van der Waals surface area (Å²) in [6.07, 6.45) is 4.62. The van der Waals surface area contributed by atoms with Crippen LogP contribution in [0.25, 0.3) is 0 Å². The van der Waals surface area contributed by atoms with Crippen LogP contribution in [0.1, 0.15) is 30.9 Å². The van der Waals surface area contributed by atoms with Gasteiger partial charge in [-0.3, -0.25) is 0 Å². The van der Waals surface area contributed by atoms with Crippen molar-refractivity contribution in [3.05, 3.63) is 23.4 Å². The van der Waals surface area contributed by atoms with Crippen molar-refractivity contribution >= 4 is 5.82 Å². The quantitative estimate of drug-likeness (QED) is 0.729. The Bertz CT molecular complexity index is 404. The Labute approximate surface area is 116 Å². The molecular formula is C15H25N3O. The molecule has 1 fully saturated rings. The van der Waals surface area contributed by atoms with Crippen molar-refractivity contribution in [2.45, 2.75) is 39.3 Å². The first-order chi connectivity index (χ1) is 9.26. The van der Waals surface area contributed by atoms with Gasteiger partial charge in [0.2, 0.25) is 0 Å². The Morgan fingerprint density at radius 3 is 2.84 bits per heavy atom. The smallest absolute Gasteiger partial charge is 0.131 e. The van der Waals surface area contributed by atoms with Crippen LogP contribution in [-0.4, -0.2) is 37.8 Å². The predicted octanol–water partition coefficient (Wildman–Crippen LogP) is 2.11. The fourth-order valence-corrected chi connectivity index (χ4v) is 2.40. The highest BCUT2D eigenvalue weighted by Gasteiger charge is 2.29. The summed E-state index contributed by atoms with van der Waals surface area (Å²) in [6.45, 7) is 7.89. The van der Waals surface area contributed by atoms with Crippen molar-refractivity contribution in [2.75, 3.05) is 31.7 Å². The molecule has 1 saturated carbocycles. The molecule has 19 heavy (non-hydrogen) atoms. The molecule has 0 bridgehead atoms. The van der Waals surface area contributed by atoms with E-state index in [9.17, 15) is 0 Å². The SMILES string of the molecule is CCN(c1ncc(CNCCOC)cc1C)C1CC1. The highest BCUT2D eigenvalue weighted by molar-refractivity contribution is 5.49. The zero-order valence-corrected chi connectivity index (χ0v) is 12.3. The minimum absolute atomic E-state index is 0.724. The Kier molecular flexibility index (Phi) is 5.16. The Morgan fingerprint density at radius 1 is 1.47 bits per heavy atom. The van der Waals surface area contributed by atoms with Crippen LogP contribution in [0.4, 0.5) is 5.82 Å². The monoisotopic (exact) mass is 263 g/mol. The van der Waals surface area contributed by atoms with Gasteiger partial charge < -0.3 is 15.0 Å². The topological polar surface area (TPSA) is 37.4 Å². The third-order valence-electron chi connectivity index (χ3n) is 3.52. The lowest BCUT2D eigenvalue weighted by Crippen LogP contribution is -2.27. The van der Waals surface area contributed by atoms with Crippen LogP contribution >= 0.6 is 0 Å². The molecule has 1 aliphatic rings. The van der Waals surface area contributed by atoms with Gasteiger partial charge in [-0.1, -0.05) is 0 Å². The highest BCUT2D eigenvalue weighted by Crippen LogP contribution is 2.31. The molecule has 2 rings (SSSR count). The number of anilines is 1. The molecule has 0 atom stereocenters. The second-order valence-corrected chi connectivity index (χ2v) is 5.17. The van der Waals surface area contributed by atoms with E-state index in [2.05, 4.69) is 35.1 Å². The van der Waals surface area contributed by atoms with Crippen molar-refractivity contribution < 1.29 is 4.74 Å². The molecule has 0 aromatic carbocycles. The molecule has 0 radical (unpaired) electrons. The van der Waals surface area contributed by atoms with E-state index >= 15 is 0 Å². The normalized spacial score (nSPS) is 14.7. The molecule has 0 spiro atoms. The zero-order valence-electron chi connectivity index (χ0n) is 12.3. The van der Waals surface area contributed by atoms with E-state index in [1.54, 1.807) is 7.11 Å². The van der Waals surface area contributed by atoms with Crippen LogP contribution in [0.15, 0.2) is 12.3 Å². The van der Waals surface area contributed by atoms with E-state index in [0.717, 1.165) is 38.1 Å². The lowest BCUT2D eigenvalue weighted by Gasteiger charge is -2.23. The Morgan fingerprint density at radius 2 is 2.26 bits per heavy atom. The molecule has 4 nitrogen and oxygen atoms in total. The van der Waals surface area contributed by atoms with Gasteiger partial charge in [-0.25, -0.2) is 4.98 Å². The maximum absolute atomic E-state index is 5.02. The third-order valence-corrected chi connectivity index (χ3v) is 3.52. The second-order valence-electron chi connectivity index (χ2n) is 5.17. The number of hydrogen-bond acceptors (Lipinski definition) is 4. The highest BCUT2D eigenvalue weighted by atomic mass is 16.5. The molecule has 1 heterocycles. The standard InChI is InChI=1S/C15H25N3O/c1-4-18(14-5-6-14)15-12(2)9-13(11-17-15)10-16-7-8-19-3/h9,11,14,16H,4-8,10H2,1-3H3. The molecule has 0 amide bonds. The van der Waals surface area contributed by atoms with Crippen LogP contribution in [0.5, 0.6) is 0 Å². The summed E-state index contributed by atoms with van der Waals surface area (Å²) in [5.41, 5.74) is 2.52. The molecule has 1 aliphatic carbocycles. The maximum Gasteiger partial charge on any atom is 0.131 e. The Balaban J connectivity index is 1.96. The van der Waals surface area contributed by atoms with Crippen molar-refractivity contribution in [2.24, 2.45) is 0 Å². The summed E-state index contributed by atoms with van der Waals surface area (Å²) in [5.74, 6) is 1.16. The van der Waals surface area contributed by atoms with E-state index in [4.69, 9.17) is 4.74 Å². The van der Waals surface area contributed by atoms with Crippen molar-refractivity contribution in [3.63, 3.8) is 0 Å². The third kappa shape index (κ3) is 3.91. The zero-order chi connectivity index (χ0) is 13.7. The number of methoxy groups -OCH3 is 1. The van der Waals surface area contributed by atoms with Gasteiger partial charge in [-0.15, -0.1) is 0 Å². The lowest BCUT2D eigenvalue weighted by molar-refractivity contribution is 0.199. The van der Waals surface area contributed by atoms with Crippen LogP contribution in [0, 0.1) is 6.92 Å². The van der Waals surface area contributed by atoms with E-state index in [1.165, 1.54) is 24.0 Å². The molecule has 4 heteroatoms.